The Balaban J connectivity index is 1.98. The highest BCUT2D eigenvalue weighted by Gasteiger charge is 2.28. The third-order valence-corrected chi connectivity index (χ3v) is 3.75. The molecule has 1 N–H and O–H groups in total. The maximum Gasteiger partial charge on any atom is 0.118 e. The molecule has 0 aliphatic carbocycles. The zero-order valence-corrected chi connectivity index (χ0v) is 11.8. The van der Waals surface area contributed by atoms with Gasteiger partial charge in [0.25, 0.3) is 0 Å². The second-order valence-corrected chi connectivity index (χ2v) is 5.17. The van der Waals surface area contributed by atoms with Crippen molar-refractivity contribution in [3.63, 3.8) is 0 Å². The van der Waals surface area contributed by atoms with Crippen LogP contribution in [0.15, 0.2) is 10.5 Å². The molecule has 2 atom stereocenters. The lowest BCUT2D eigenvalue weighted by Crippen LogP contribution is -2.36. The van der Waals surface area contributed by atoms with Crippen LogP contribution in [-0.4, -0.2) is 37.7 Å². The van der Waals surface area contributed by atoms with Gasteiger partial charge in [-0.05, 0) is 40.4 Å². The molecule has 18 heavy (non-hydrogen) atoms. The monoisotopic (exact) mass is 252 g/mol. The Kier molecular flexibility index (Phi) is 4.43. The van der Waals surface area contributed by atoms with Crippen LogP contribution < -0.4 is 5.32 Å². The van der Waals surface area contributed by atoms with Crippen LogP contribution >= 0.6 is 0 Å². The number of hydrogen-bond acceptors (Lipinski definition) is 4. The van der Waals surface area contributed by atoms with E-state index in [9.17, 15) is 0 Å². The highest BCUT2D eigenvalue weighted by atomic mass is 16.5. The van der Waals surface area contributed by atoms with Crippen molar-refractivity contribution in [2.24, 2.45) is 0 Å². The van der Waals surface area contributed by atoms with Crippen molar-refractivity contribution >= 4 is 0 Å². The Bertz CT molecular complexity index is 389. The molecule has 0 aromatic carbocycles. The molecule has 4 nitrogen and oxygen atoms in total. The molecule has 0 spiro atoms. The van der Waals surface area contributed by atoms with Crippen molar-refractivity contribution in [1.82, 2.24) is 10.2 Å². The van der Waals surface area contributed by atoms with Gasteiger partial charge in [0, 0.05) is 24.8 Å². The van der Waals surface area contributed by atoms with Crippen LogP contribution in [0, 0.1) is 6.92 Å². The quantitative estimate of drug-likeness (QED) is 0.869. The zero-order valence-electron chi connectivity index (χ0n) is 11.8. The molecule has 4 heteroatoms. The maximum absolute atomic E-state index is 5.81. The Morgan fingerprint density at radius 3 is 2.89 bits per heavy atom. The molecule has 2 heterocycles. The maximum atomic E-state index is 5.81. The molecule has 1 fully saturated rings. The third-order valence-electron chi connectivity index (χ3n) is 3.75. The molecule has 102 valence electrons. The summed E-state index contributed by atoms with van der Waals surface area (Å²) in [4.78, 5) is 2.33. The Morgan fingerprint density at radius 2 is 2.28 bits per heavy atom. The number of likely N-dealkylation sites (N-methyl/N-ethyl adjacent to an activating group) is 1. The van der Waals surface area contributed by atoms with Crippen molar-refractivity contribution in [3.05, 3.63) is 23.2 Å². The van der Waals surface area contributed by atoms with Crippen LogP contribution in [0.25, 0.3) is 0 Å². The van der Waals surface area contributed by atoms with E-state index in [0.29, 0.717) is 12.1 Å². The average molecular weight is 252 g/mol. The smallest absolute Gasteiger partial charge is 0.118 e. The molecule has 1 saturated heterocycles. The molecule has 0 bridgehead atoms. The molecule has 0 amide bonds. The molecule has 1 aliphatic heterocycles. The predicted octanol–water partition coefficient (Wildman–Crippen LogP) is 1.92. The van der Waals surface area contributed by atoms with E-state index in [1.165, 1.54) is 5.56 Å². The van der Waals surface area contributed by atoms with Gasteiger partial charge in [0.15, 0.2) is 0 Å². The van der Waals surface area contributed by atoms with Gasteiger partial charge in [-0.25, -0.2) is 0 Å². The summed E-state index contributed by atoms with van der Waals surface area (Å²) in [5.41, 5.74) is 1.25. The van der Waals surface area contributed by atoms with Crippen molar-refractivity contribution in [2.45, 2.75) is 45.5 Å². The molecular formula is C14H24N2O2. The first-order valence-corrected chi connectivity index (χ1v) is 6.66. The van der Waals surface area contributed by atoms with Crippen LogP contribution in [0.1, 0.15) is 30.4 Å². The molecule has 1 aromatic heterocycles. The van der Waals surface area contributed by atoms with E-state index in [2.05, 4.69) is 30.3 Å². The van der Waals surface area contributed by atoms with Crippen LogP contribution in [0.3, 0.4) is 0 Å². The number of furan rings is 1. The molecule has 1 aliphatic rings. The van der Waals surface area contributed by atoms with Gasteiger partial charge in [0.05, 0.1) is 12.6 Å². The second-order valence-electron chi connectivity index (χ2n) is 5.17. The fourth-order valence-corrected chi connectivity index (χ4v) is 2.69. The first kappa shape index (κ1) is 13.6. The highest BCUT2D eigenvalue weighted by molar-refractivity contribution is 5.20. The van der Waals surface area contributed by atoms with Gasteiger partial charge in [-0.3, -0.25) is 4.90 Å². The van der Waals surface area contributed by atoms with Crippen LogP contribution in [0.4, 0.5) is 0 Å². The summed E-state index contributed by atoms with van der Waals surface area (Å²) < 4.78 is 11.4. The average Bonchev–Trinajstić information content (AvgIpc) is 2.87. The first-order valence-electron chi connectivity index (χ1n) is 6.66. The van der Waals surface area contributed by atoms with Gasteiger partial charge >= 0.3 is 0 Å². The normalized spacial score (nSPS) is 24.1. The van der Waals surface area contributed by atoms with Gasteiger partial charge in [0.2, 0.25) is 0 Å². The van der Waals surface area contributed by atoms with Crippen LogP contribution in [-0.2, 0) is 17.8 Å². The van der Waals surface area contributed by atoms with Crippen molar-refractivity contribution in [1.29, 1.82) is 0 Å². The van der Waals surface area contributed by atoms with E-state index < -0.39 is 0 Å². The molecule has 1 aromatic rings. The lowest BCUT2D eigenvalue weighted by Gasteiger charge is -2.25. The fraction of sp³-hybridized carbons (Fsp3) is 0.714. The summed E-state index contributed by atoms with van der Waals surface area (Å²) in [6.45, 7) is 6.76. The van der Waals surface area contributed by atoms with Crippen LogP contribution in [0.2, 0.25) is 0 Å². The Morgan fingerprint density at radius 1 is 1.50 bits per heavy atom. The van der Waals surface area contributed by atoms with E-state index in [1.54, 1.807) is 0 Å². The summed E-state index contributed by atoms with van der Waals surface area (Å²) in [5, 5.41) is 3.16. The number of ether oxygens (including phenoxy) is 1. The summed E-state index contributed by atoms with van der Waals surface area (Å²) >= 11 is 0. The SMILES string of the molecule is CNCc1cc(CN(C)C2CCOC2C)oc1C. The molecular weight excluding hydrogens is 228 g/mol. The summed E-state index contributed by atoms with van der Waals surface area (Å²) in [6.07, 6.45) is 1.43. The Hall–Kier alpha value is -0.840. The third kappa shape index (κ3) is 2.94. The van der Waals surface area contributed by atoms with Gasteiger partial charge in [0.1, 0.15) is 11.5 Å². The minimum absolute atomic E-state index is 0.322. The number of aryl methyl sites for hydroxylation is 1. The van der Waals surface area contributed by atoms with Gasteiger partial charge in [-0.15, -0.1) is 0 Å². The van der Waals surface area contributed by atoms with E-state index in [-0.39, 0.29) is 0 Å². The zero-order chi connectivity index (χ0) is 13.1. The molecule has 2 unspecified atom stereocenters. The summed E-state index contributed by atoms with van der Waals surface area (Å²) in [6, 6.07) is 2.66. The van der Waals surface area contributed by atoms with E-state index in [0.717, 1.165) is 37.6 Å². The van der Waals surface area contributed by atoms with E-state index in [4.69, 9.17) is 9.15 Å². The minimum atomic E-state index is 0.322. The number of nitrogens with one attached hydrogen (secondary N) is 1. The lowest BCUT2D eigenvalue weighted by atomic mass is 10.1. The van der Waals surface area contributed by atoms with Crippen molar-refractivity contribution in [2.75, 3.05) is 20.7 Å². The number of hydrogen-bond donors (Lipinski definition) is 1. The van der Waals surface area contributed by atoms with E-state index >= 15 is 0 Å². The number of rotatable bonds is 5. The largest absolute Gasteiger partial charge is 0.465 e. The minimum Gasteiger partial charge on any atom is -0.465 e. The molecule has 0 saturated carbocycles. The van der Waals surface area contributed by atoms with Gasteiger partial charge < -0.3 is 14.5 Å². The second kappa shape index (κ2) is 5.87. The molecule has 2 rings (SSSR count). The highest BCUT2D eigenvalue weighted by Crippen LogP contribution is 2.22. The van der Waals surface area contributed by atoms with Crippen molar-refractivity contribution in [3.8, 4) is 0 Å². The van der Waals surface area contributed by atoms with Gasteiger partial charge in [-0.2, -0.15) is 0 Å². The summed E-state index contributed by atoms with van der Waals surface area (Å²) in [5.74, 6) is 2.06. The topological polar surface area (TPSA) is 37.6 Å². The van der Waals surface area contributed by atoms with E-state index in [1.807, 2.05) is 14.0 Å². The summed E-state index contributed by atoms with van der Waals surface area (Å²) in [7, 11) is 4.10. The predicted molar refractivity (Wildman–Crippen MR) is 71.5 cm³/mol. The Labute approximate surface area is 109 Å². The first-order chi connectivity index (χ1) is 8.61. The standard InChI is InChI=1S/C14H24N2O2/c1-10-12(8-15-3)7-13(18-10)9-16(4)14-5-6-17-11(14)2/h7,11,14-15H,5-6,8-9H2,1-4H3. The number of nitrogens with zero attached hydrogens (tertiary/aromatic N) is 1. The van der Waals surface area contributed by atoms with Crippen molar-refractivity contribution < 1.29 is 9.15 Å². The van der Waals surface area contributed by atoms with Gasteiger partial charge in [-0.1, -0.05) is 0 Å². The molecule has 0 radical (unpaired) electrons. The van der Waals surface area contributed by atoms with Crippen LogP contribution in [0.5, 0.6) is 0 Å². The lowest BCUT2D eigenvalue weighted by molar-refractivity contribution is 0.0791. The fourth-order valence-electron chi connectivity index (χ4n) is 2.69.